The summed E-state index contributed by atoms with van der Waals surface area (Å²) in [6, 6.07) is 9.18. The molecule has 0 radical (unpaired) electrons. The molecule has 0 aliphatic heterocycles. The first-order valence-electron chi connectivity index (χ1n) is 6.48. The number of H-pyrrole nitrogens is 1. The van der Waals surface area contributed by atoms with Gasteiger partial charge in [0.05, 0.1) is 12.8 Å². The molecule has 0 unspecified atom stereocenters. The highest BCUT2D eigenvalue weighted by atomic mass is 16.5. The van der Waals surface area contributed by atoms with Crippen LogP contribution in [0.15, 0.2) is 42.6 Å². The maximum absolute atomic E-state index is 11.1. The number of ketones is 1. The number of methoxy groups -OCH3 is 1. The summed E-state index contributed by atoms with van der Waals surface area (Å²) in [7, 11) is 1.58. The summed E-state index contributed by atoms with van der Waals surface area (Å²) in [5.41, 5.74) is 2.06. The van der Waals surface area contributed by atoms with E-state index in [9.17, 15) is 14.7 Å². The molecule has 6 nitrogen and oxygen atoms in total. The molecule has 0 fully saturated rings. The highest BCUT2D eigenvalue weighted by Crippen LogP contribution is 2.20. The van der Waals surface area contributed by atoms with Crippen molar-refractivity contribution >= 4 is 17.5 Å². The fourth-order valence-corrected chi connectivity index (χ4v) is 2.01. The number of benzene rings is 1. The van der Waals surface area contributed by atoms with E-state index in [2.05, 4.69) is 4.98 Å². The highest BCUT2D eigenvalue weighted by molar-refractivity contribution is 6.38. The summed E-state index contributed by atoms with van der Waals surface area (Å²) >= 11 is 0. The number of ether oxygens (including phenoxy) is 1. The number of carbonyl (C=O) groups is 2. The van der Waals surface area contributed by atoms with Gasteiger partial charge in [0.1, 0.15) is 11.5 Å². The largest absolute Gasteiger partial charge is 0.506 e. The third-order valence-corrected chi connectivity index (χ3v) is 3.12. The van der Waals surface area contributed by atoms with Gasteiger partial charge in [-0.05, 0) is 35.7 Å². The van der Waals surface area contributed by atoms with Crippen LogP contribution in [0, 0.1) is 0 Å². The molecule has 114 valence electrons. The van der Waals surface area contributed by atoms with Gasteiger partial charge in [0.2, 0.25) is 0 Å². The Hall–Kier alpha value is -3.02. The predicted octanol–water partition coefficient (Wildman–Crippen LogP) is 2.17. The Kier molecular flexibility index (Phi) is 4.63. The maximum Gasteiger partial charge on any atom is 0.376 e. The number of carboxylic acid groups (broad SMARTS) is 1. The molecule has 3 N–H and O–H groups in total. The standard InChI is InChI=1S/C16H15NO5/c1-22-12-4-2-10(3-5-12)8-11-6-7-17-15(11)13(18)9-14(19)16(20)21/h2-7,9,17-18H,8H2,1H3,(H,20,21). The molecular weight excluding hydrogens is 286 g/mol. The second kappa shape index (κ2) is 6.62. The number of nitrogens with one attached hydrogen (secondary N) is 1. The Morgan fingerprint density at radius 1 is 1.18 bits per heavy atom. The lowest BCUT2D eigenvalue weighted by molar-refractivity contribution is -0.146. The molecule has 0 amide bonds. The van der Waals surface area contributed by atoms with Crippen LogP contribution < -0.4 is 4.74 Å². The lowest BCUT2D eigenvalue weighted by atomic mass is 10.0. The van der Waals surface area contributed by atoms with Gasteiger partial charge in [0, 0.05) is 12.3 Å². The number of carboxylic acids is 1. The SMILES string of the molecule is COc1ccc(Cc2cc[nH]c2C(O)=CC(=O)C(=O)O)cc1. The quantitative estimate of drug-likeness (QED) is 0.431. The fraction of sp³-hybridized carbons (Fsp3) is 0.125. The Morgan fingerprint density at radius 2 is 1.86 bits per heavy atom. The lowest BCUT2D eigenvalue weighted by Crippen LogP contribution is -2.09. The van der Waals surface area contributed by atoms with E-state index in [4.69, 9.17) is 9.84 Å². The number of aliphatic hydroxyl groups excluding tert-OH is 1. The van der Waals surface area contributed by atoms with Gasteiger partial charge in [-0.1, -0.05) is 12.1 Å². The van der Waals surface area contributed by atoms with Gasteiger partial charge in [0.15, 0.2) is 0 Å². The number of aromatic amines is 1. The molecule has 0 spiro atoms. The first-order chi connectivity index (χ1) is 10.5. The molecule has 0 aliphatic rings. The van der Waals surface area contributed by atoms with E-state index >= 15 is 0 Å². The summed E-state index contributed by atoms with van der Waals surface area (Å²) in [6.07, 6.45) is 2.82. The van der Waals surface area contributed by atoms with Gasteiger partial charge in [-0.15, -0.1) is 0 Å². The minimum absolute atomic E-state index is 0.324. The first kappa shape index (κ1) is 15.4. The van der Waals surface area contributed by atoms with Gasteiger partial charge >= 0.3 is 5.97 Å². The van der Waals surface area contributed by atoms with E-state index in [1.165, 1.54) is 0 Å². The minimum Gasteiger partial charge on any atom is -0.506 e. The van der Waals surface area contributed by atoms with Gasteiger partial charge in [-0.2, -0.15) is 0 Å². The van der Waals surface area contributed by atoms with Crippen molar-refractivity contribution in [2.45, 2.75) is 6.42 Å². The Labute approximate surface area is 126 Å². The number of aliphatic hydroxyl groups is 1. The van der Waals surface area contributed by atoms with Crippen LogP contribution in [0.1, 0.15) is 16.8 Å². The molecule has 0 aliphatic carbocycles. The molecule has 0 saturated heterocycles. The van der Waals surface area contributed by atoms with Crippen molar-refractivity contribution in [3.05, 3.63) is 59.4 Å². The fourth-order valence-electron chi connectivity index (χ4n) is 2.01. The molecule has 1 heterocycles. The average Bonchev–Trinajstić information content (AvgIpc) is 2.96. The van der Waals surface area contributed by atoms with E-state index in [-0.39, 0.29) is 0 Å². The number of aromatic nitrogens is 1. The normalized spacial score (nSPS) is 11.2. The third-order valence-electron chi connectivity index (χ3n) is 3.12. The molecule has 22 heavy (non-hydrogen) atoms. The third kappa shape index (κ3) is 3.54. The zero-order valence-corrected chi connectivity index (χ0v) is 11.9. The van der Waals surface area contributed by atoms with Crippen LogP contribution in [-0.4, -0.2) is 34.1 Å². The topological polar surface area (TPSA) is 99.6 Å². The molecule has 6 heteroatoms. The van der Waals surface area contributed by atoms with Crippen LogP contribution in [0.4, 0.5) is 0 Å². The molecule has 2 aromatic rings. The summed E-state index contributed by atoms with van der Waals surface area (Å²) in [6.45, 7) is 0. The maximum atomic E-state index is 11.1. The van der Waals surface area contributed by atoms with Crippen LogP contribution in [0.2, 0.25) is 0 Å². The van der Waals surface area contributed by atoms with Crippen LogP contribution >= 0.6 is 0 Å². The zero-order chi connectivity index (χ0) is 16.1. The van der Waals surface area contributed by atoms with E-state index < -0.39 is 17.5 Å². The smallest absolute Gasteiger partial charge is 0.376 e. The highest BCUT2D eigenvalue weighted by Gasteiger charge is 2.14. The van der Waals surface area contributed by atoms with Gasteiger partial charge in [0.25, 0.3) is 5.78 Å². The monoisotopic (exact) mass is 301 g/mol. The predicted molar refractivity (Wildman–Crippen MR) is 79.8 cm³/mol. The van der Waals surface area contributed by atoms with E-state index in [1.807, 2.05) is 24.3 Å². The van der Waals surface area contributed by atoms with Crippen molar-refractivity contribution in [1.29, 1.82) is 0 Å². The van der Waals surface area contributed by atoms with E-state index in [0.29, 0.717) is 18.2 Å². The van der Waals surface area contributed by atoms with E-state index in [1.54, 1.807) is 19.4 Å². The molecule has 0 atom stereocenters. The second-order valence-corrected chi connectivity index (χ2v) is 4.60. The molecule has 2 rings (SSSR count). The molecule has 1 aromatic carbocycles. The van der Waals surface area contributed by atoms with Gasteiger partial charge in [-0.3, -0.25) is 4.79 Å². The molecular formula is C16H15NO5. The second-order valence-electron chi connectivity index (χ2n) is 4.60. The van der Waals surface area contributed by atoms with Crippen molar-refractivity contribution in [2.75, 3.05) is 7.11 Å². The molecule has 1 aromatic heterocycles. The summed E-state index contributed by atoms with van der Waals surface area (Å²) in [5, 5.41) is 18.5. The van der Waals surface area contributed by atoms with Crippen molar-refractivity contribution in [3.8, 4) is 5.75 Å². The lowest BCUT2D eigenvalue weighted by Gasteiger charge is -2.05. The molecule has 0 bridgehead atoms. The Morgan fingerprint density at radius 3 is 2.45 bits per heavy atom. The van der Waals surface area contributed by atoms with Gasteiger partial charge in [-0.25, -0.2) is 4.79 Å². The summed E-state index contributed by atoms with van der Waals surface area (Å²) in [4.78, 5) is 24.4. The van der Waals surface area contributed by atoms with Crippen molar-refractivity contribution in [2.24, 2.45) is 0 Å². The number of carbonyl (C=O) groups excluding carboxylic acids is 1. The van der Waals surface area contributed by atoms with Crippen LogP contribution in [-0.2, 0) is 16.0 Å². The zero-order valence-electron chi connectivity index (χ0n) is 11.9. The first-order valence-corrected chi connectivity index (χ1v) is 6.48. The number of aliphatic carboxylic acids is 1. The number of hydrogen-bond donors (Lipinski definition) is 3. The van der Waals surface area contributed by atoms with Crippen LogP contribution in [0.25, 0.3) is 5.76 Å². The molecule has 0 saturated carbocycles. The Bertz CT molecular complexity index is 712. The Balaban J connectivity index is 2.21. The van der Waals surface area contributed by atoms with Crippen molar-refractivity contribution in [3.63, 3.8) is 0 Å². The van der Waals surface area contributed by atoms with Crippen LogP contribution in [0.3, 0.4) is 0 Å². The number of hydrogen-bond acceptors (Lipinski definition) is 4. The van der Waals surface area contributed by atoms with Crippen LogP contribution in [0.5, 0.6) is 5.75 Å². The van der Waals surface area contributed by atoms with Crippen molar-refractivity contribution in [1.82, 2.24) is 4.98 Å². The average molecular weight is 301 g/mol. The van der Waals surface area contributed by atoms with Gasteiger partial charge < -0.3 is 19.9 Å². The van der Waals surface area contributed by atoms with Crippen molar-refractivity contribution < 1.29 is 24.5 Å². The number of rotatable bonds is 6. The summed E-state index contributed by atoms with van der Waals surface area (Å²) in [5.74, 6) is -2.45. The van der Waals surface area contributed by atoms with E-state index in [0.717, 1.165) is 16.9 Å². The summed E-state index contributed by atoms with van der Waals surface area (Å²) < 4.78 is 5.08. The minimum atomic E-state index is -1.62.